The van der Waals surface area contributed by atoms with E-state index in [1.54, 1.807) is 36.7 Å². The summed E-state index contributed by atoms with van der Waals surface area (Å²) >= 11 is 0. The number of ether oxygens (including phenoxy) is 1. The van der Waals surface area contributed by atoms with Gasteiger partial charge in [-0.1, -0.05) is 39.8 Å². The molecule has 6 heterocycles. The van der Waals surface area contributed by atoms with Gasteiger partial charge in [-0.05, 0) is 73.0 Å². The summed E-state index contributed by atoms with van der Waals surface area (Å²) < 4.78 is 31.7. The van der Waals surface area contributed by atoms with E-state index in [2.05, 4.69) is 47.0 Å². The van der Waals surface area contributed by atoms with Crippen LogP contribution in [0.3, 0.4) is 0 Å². The Balaban J connectivity index is 0.00000126. The molecule has 52 heavy (non-hydrogen) atoms. The lowest BCUT2D eigenvalue weighted by atomic mass is 10.0. The number of halogens is 2. The molecule has 3 N–H and O–H groups in total. The summed E-state index contributed by atoms with van der Waals surface area (Å²) in [5.74, 6) is 1.72. The lowest BCUT2D eigenvalue weighted by molar-refractivity contribution is -0.0500. The van der Waals surface area contributed by atoms with E-state index in [4.69, 9.17) is 21.0 Å². The molecule has 0 saturated carbocycles. The van der Waals surface area contributed by atoms with Crippen molar-refractivity contribution in [3.8, 4) is 40.3 Å². The van der Waals surface area contributed by atoms with E-state index in [0.717, 1.165) is 43.7 Å². The van der Waals surface area contributed by atoms with E-state index in [1.165, 1.54) is 12.3 Å². The normalized spacial score (nSPS) is 13.0. The number of benzene rings is 1. The fourth-order valence-electron chi connectivity index (χ4n) is 5.78. The van der Waals surface area contributed by atoms with Gasteiger partial charge in [0.1, 0.15) is 29.0 Å². The summed E-state index contributed by atoms with van der Waals surface area (Å²) in [7, 11) is 0. The van der Waals surface area contributed by atoms with Crippen LogP contribution in [-0.2, 0) is 6.54 Å². The first-order valence-corrected chi connectivity index (χ1v) is 17.3. The minimum atomic E-state index is -2.93. The third-order valence-corrected chi connectivity index (χ3v) is 8.10. The van der Waals surface area contributed by atoms with E-state index in [-0.39, 0.29) is 17.6 Å². The van der Waals surface area contributed by atoms with Gasteiger partial charge in [0.05, 0.1) is 23.1 Å². The van der Waals surface area contributed by atoms with Crippen LogP contribution >= 0.6 is 0 Å². The summed E-state index contributed by atoms with van der Waals surface area (Å²) in [5, 5.41) is 12.5. The van der Waals surface area contributed by atoms with Gasteiger partial charge in [0, 0.05) is 43.8 Å². The van der Waals surface area contributed by atoms with Crippen molar-refractivity contribution in [3.63, 3.8) is 0 Å². The molecule has 0 spiro atoms. The van der Waals surface area contributed by atoms with E-state index < -0.39 is 6.61 Å². The number of likely N-dealkylation sites (tertiary alicyclic amines) is 1. The van der Waals surface area contributed by atoms with Gasteiger partial charge >= 0.3 is 6.61 Å². The van der Waals surface area contributed by atoms with Gasteiger partial charge in [-0.2, -0.15) is 14.0 Å². The molecule has 0 unspecified atom stereocenters. The lowest BCUT2D eigenvalue weighted by Crippen LogP contribution is -2.38. The third-order valence-electron chi connectivity index (χ3n) is 8.10. The Kier molecular flexibility index (Phi) is 12.7. The molecule has 6 aromatic rings. The highest BCUT2D eigenvalue weighted by Crippen LogP contribution is 2.32. The highest BCUT2D eigenvalue weighted by molar-refractivity contribution is 5.84. The Bertz CT molecular complexity index is 2090. The van der Waals surface area contributed by atoms with E-state index in [9.17, 15) is 8.78 Å². The Morgan fingerprint density at radius 2 is 1.63 bits per heavy atom. The van der Waals surface area contributed by atoms with Gasteiger partial charge < -0.3 is 15.8 Å². The molecular weight excluding hydrogens is 664 g/mol. The van der Waals surface area contributed by atoms with Crippen LogP contribution in [0.15, 0.2) is 85.3 Å². The molecule has 12 nitrogen and oxygen atoms in total. The number of nitrogens with one attached hydrogen (secondary N) is 1. The van der Waals surface area contributed by atoms with Crippen LogP contribution in [0, 0.1) is 11.3 Å². The minimum Gasteiger partial charge on any atom is -0.433 e. The van der Waals surface area contributed by atoms with Crippen molar-refractivity contribution in [2.24, 2.45) is 0 Å². The number of hydrogen-bond acceptors (Lipinski definition) is 11. The summed E-state index contributed by atoms with van der Waals surface area (Å²) in [6.45, 7) is 7.70. The van der Waals surface area contributed by atoms with E-state index >= 15 is 0 Å². The van der Waals surface area contributed by atoms with Crippen molar-refractivity contribution in [3.05, 3.63) is 96.7 Å². The van der Waals surface area contributed by atoms with Gasteiger partial charge in [-0.3, -0.25) is 14.5 Å². The number of nitrogens with two attached hydrogens (primary N) is 1. The van der Waals surface area contributed by atoms with Gasteiger partial charge in [-0.15, -0.1) is 0 Å². The minimum absolute atomic E-state index is 0.0345. The van der Waals surface area contributed by atoms with Crippen LogP contribution in [0.5, 0.6) is 5.75 Å². The number of aromatic nitrogens is 7. The van der Waals surface area contributed by atoms with Crippen LogP contribution in [0.2, 0.25) is 0 Å². The van der Waals surface area contributed by atoms with Crippen LogP contribution < -0.4 is 15.8 Å². The number of rotatable bonds is 9. The molecule has 5 aromatic heterocycles. The van der Waals surface area contributed by atoms with Crippen molar-refractivity contribution in [1.82, 2.24) is 39.4 Å². The number of nitriles is 1. The van der Waals surface area contributed by atoms with Gasteiger partial charge in [0.25, 0.3) is 0 Å². The van der Waals surface area contributed by atoms with Crippen molar-refractivity contribution in [1.29, 1.82) is 5.26 Å². The zero-order valence-electron chi connectivity index (χ0n) is 29.5. The topological polar surface area (TPSA) is 157 Å². The first-order valence-electron chi connectivity index (χ1n) is 17.3. The summed E-state index contributed by atoms with van der Waals surface area (Å²) in [6.07, 6.45) is 6.37. The van der Waals surface area contributed by atoms with Crippen LogP contribution in [0.1, 0.15) is 51.9 Å². The highest BCUT2D eigenvalue weighted by atomic mass is 19.3. The number of fused-ring (bicyclic) bond motifs is 1. The molecule has 1 saturated heterocycles. The average molecular weight is 706 g/mol. The fraction of sp³-hybridized carbons (Fsp3) is 0.289. The number of alkyl halides is 2. The molecular formula is C38H41F2N11O. The molecule has 1 fully saturated rings. The van der Waals surface area contributed by atoms with Gasteiger partial charge in [0.15, 0.2) is 11.5 Å². The molecule has 0 radical (unpaired) electrons. The van der Waals surface area contributed by atoms with Gasteiger partial charge in [-0.25, -0.2) is 24.9 Å². The molecule has 0 bridgehead atoms. The summed E-state index contributed by atoms with van der Waals surface area (Å²) in [6, 6.07) is 22.6. The molecule has 1 aliphatic heterocycles. The first-order chi connectivity index (χ1) is 25.4. The third kappa shape index (κ3) is 8.80. The molecule has 7 rings (SSSR count). The highest BCUT2D eigenvalue weighted by Gasteiger charge is 2.21. The van der Waals surface area contributed by atoms with E-state index in [1.807, 2.05) is 62.6 Å². The average Bonchev–Trinajstić information content (AvgIpc) is 3.56. The van der Waals surface area contributed by atoms with Crippen LogP contribution in [-0.4, -0.2) is 65.1 Å². The van der Waals surface area contributed by atoms with E-state index in [0.29, 0.717) is 45.6 Å². The predicted octanol–water partition coefficient (Wildman–Crippen LogP) is 7.52. The number of imidazole rings is 1. The second-order valence-electron chi connectivity index (χ2n) is 11.2. The number of piperidine rings is 1. The number of pyridine rings is 3. The molecule has 14 heteroatoms. The molecule has 0 amide bonds. The lowest BCUT2D eigenvalue weighted by Gasteiger charge is -2.32. The first kappa shape index (κ1) is 37.2. The number of hydrogen-bond donors (Lipinski definition) is 2. The molecule has 1 aromatic carbocycles. The summed E-state index contributed by atoms with van der Waals surface area (Å²) in [4.78, 5) is 28.9. The molecule has 1 aliphatic rings. The Labute approximate surface area is 301 Å². The Morgan fingerprint density at radius 3 is 2.31 bits per heavy atom. The zero-order valence-corrected chi connectivity index (χ0v) is 29.5. The SMILES string of the molecule is CC.CC.N#Cc1nccc(NC2CCN(Cc3ccc(-n4c(-c5cccnc5N)nc5ccc(-c6ccc(OC(F)F)cn6)nc54)cc3)CC2)n1. The second-order valence-corrected chi connectivity index (χ2v) is 11.2. The molecule has 268 valence electrons. The molecule has 0 aliphatic carbocycles. The fourth-order valence-corrected chi connectivity index (χ4v) is 5.78. The van der Waals surface area contributed by atoms with Crippen LogP contribution in [0.4, 0.5) is 20.4 Å². The number of anilines is 2. The van der Waals surface area contributed by atoms with Crippen LogP contribution in [0.25, 0.3) is 39.6 Å². The second kappa shape index (κ2) is 17.7. The Hall–Kier alpha value is -6.07. The predicted molar refractivity (Wildman–Crippen MR) is 198 cm³/mol. The standard InChI is InChI=1S/C34H29F2N11O.2C2H6/c35-34(36)48-24-7-8-26(41-19-24)27-9-10-28-33(43-27)47(32(44-28)25-2-1-14-40-31(25)38)23-5-3-21(4-6-23)20-46-16-12-22(13-17-46)42-29-11-15-39-30(18-37)45-29;2*1-2/h1-11,14-15,19,22,34H,12-13,16-17,20H2,(H2,38,40)(H,39,42,45);2*1-2H3. The maximum absolute atomic E-state index is 12.6. The van der Waals surface area contributed by atoms with Crippen molar-refractivity contribution in [2.75, 3.05) is 24.1 Å². The monoisotopic (exact) mass is 705 g/mol. The zero-order chi connectivity index (χ0) is 37.0. The maximum atomic E-state index is 12.6. The quantitative estimate of drug-likeness (QED) is 0.153. The van der Waals surface area contributed by atoms with Gasteiger partial charge in [0.2, 0.25) is 5.82 Å². The maximum Gasteiger partial charge on any atom is 0.387 e. The number of nitrogen functional groups attached to an aromatic ring is 1. The molecule has 0 atom stereocenters. The van der Waals surface area contributed by atoms with Crippen molar-refractivity contribution >= 4 is 22.8 Å². The smallest absolute Gasteiger partial charge is 0.387 e. The summed E-state index contributed by atoms with van der Waals surface area (Å²) in [5.41, 5.74) is 11.2. The Morgan fingerprint density at radius 1 is 0.885 bits per heavy atom. The van der Waals surface area contributed by atoms with Crippen molar-refractivity contribution in [2.45, 2.75) is 59.7 Å². The number of nitrogens with zero attached hydrogens (tertiary/aromatic N) is 9. The largest absolute Gasteiger partial charge is 0.433 e. The van der Waals surface area contributed by atoms with Crippen molar-refractivity contribution < 1.29 is 13.5 Å².